The van der Waals surface area contributed by atoms with E-state index in [1.807, 2.05) is 24.3 Å². The number of hydrogen-bond donors (Lipinski definition) is 0. The van der Waals surface area contributed by atoms with E-state index in [-0.39, 0.29) is 35.4 Å². The van der Waals surface area contributed by atoms with Gasteiger partial charge in [-0.05, 0) is 42.1 Å². The maximum atomic E-state index is 12.9. The van der Waals surface area contributed by atoms with Crippen molar-refractivity contribution in [1.29, 1.82) is 0 Å². The molecule has 0 bridgehead atoms. The van der Waals surface area contributed by atoms with Crippen molar-refractivity contribution in [1.82, 2.24) is 9.88 Å². The van der Waals surface area contributed by atoms with Crippen LogP contribution in [0.5, 0.6) is 0 Å². The van der Waals surface area contributed by atoms with Gasteiger partial charge in [-0.1, -0.05) is 29.8 Å². The molecule has 10 heteroatoms. The van der Waals surface area contributed by atoms with Crippen LogP contribution in [0.4, 0.5) is 23.7 Å². The van der Waals surface area contributed by atoms with E-state index in [0.717, 1.165) is 10.3 Å². The van der Waals surface area contributed by atoms with Gasteiger partial charge < -0.3 is 4.90 Å². The average molecular weight is 452 g/mol. The van der Waals surface area contributed by atoms with Gasteiger partial charge in [-0.25, -0.2) is 9.69 Å². The molecule has 0 radical (unpaired) electrons. The first-order valence-corrected chi connectivity index (χ1v) is 9.92. The fourth-order valence-corrected chi connectivity index (χ4v) is 4.00. The smallest absolute Gasteiger partial charge is 0.310 e. The third kappa shape index (κ3) is 4.08. The number of rotatable bonds is 4. The molecular formula is C20H13ClF3N3O2S. The maximum Gasteiger partial charge on any atom is 0.446 e. The molecule has 30 heavy (non-hydrogen) atoms. The van der Waals surface area contributed by atoms with Crippen molar-refractivity contribution in [3.05, 3.63) is 65.3 Å². The van der Waals surface area contributed by atoms with Crippen LogP contribution in [0.25, 0.3) is 10.9 Å². The quantitative estimate of drug-likeness (QED) is 0.390. The zero-order valence-corrected chi connectivity index (χ0v) is 16.8. The Kier molecular flexibility index (Phi) is 5.33. The third-order valence-corrected chi connectivity index (χ3v) is 5.61. The number of thioether (sulfide) groups is 1. The fraction of sp³-hybridized carbons (Fsp3) is 0.150. The number of anilines is 1. The predicted molar refractivity (Wildman–Crippen MR) is 108 cm³/mol. The number of fused-ring (bicyclic) bond motifs is 1. The van der Waals surface area contributed by atoms with Gasteiger partial charge in [-0.2, -0.15) is 13.2 Å². The largest absolute Gasteiger partial charge is 0.446 e. The lowest BCUT2D eigenvalue weighted by molar-refractivity contribution is -0.116. The Bertz CT molecular complexity index is 1140. The Hall–Kier alpha value is -2.78. The van der Waals surface area contributed by atoms with E-state index in [2.05, 4.69) is 4.98 Å². The summed E-state index contributed by atoms with van der Waals surface area (Å²) in [7, 11) is 0. The molecule has 0 spiro atoms. The Morgan fingerprint density at radius 3 is 2.47 bits per heavy atom. The number of para-hydroxylation sites is 1. The highest BCUT2D eigenvalue weighted by molar-refractivity contribution is 8.00. The lowest BCUT2D eigenvalue weighted by atomic mass is 10.1. The van der Waals surface area contributed by atoms with Crippen molar-refractivity contribution in [2.24, 2.45) is 0 Å². The highest BCUT2D eigenvalue weighted by Gasteiger charge is 2.37. The number of halogens is 4. The van der Waals surface area contributed by atoms with Gasteiger partial charge in [-0.15, -0.1) is 0 Å². The Morgan fingerprint density at radius 1 is 1.07 bits per heavy atom. The Balaban J connectivity index is 1.57. The van der Waals surface area contributed by atoms with Crippen molar-refractivity contribution in [3.63, 3.8) is 0 Å². The van der Waals surface area contributed by atoms with E-state index in [1.54, 1.807) is 0 Å². The molecule has 3 aromatic rings. The van der Waals surface area contributed by atoms with Gasteiger partial charge >= 0.3 is 11.5 Å². The summed E-state index contributed by atoms with van der Waals surface area (Å²) in [5.41, 5.74) is -2.82. The van der Waals surface area contributed by atoms with Crippen LogP contribution in [0.3, 0.4) is 0 Å². The van der Waals surface area contributed by atoms with E-state index in [0.29, 0.717) is 16.1 Å². The molecule has 1 aliphatic rings. The number of hydrogen-bond acceptors (Lipinski definition) is 4. The predicted octanol–water partition coefficient (Wildman–Crippen LogP) is 5.47. The van der Waals surface area contributed by atoms with Crippen LogP contribution in [0, 0.1) is 0 Å². The number of benzene rings is 2. The number of carbonyl (C=O) groups excluding carboxylic acids is 2. The van der Waals surface area contributed by atoms with Crippen LogP contribution in [0.15, 0.2) is 59.6 Å². The van der Waals surface area contributed by atoms with Crippen LogP contribution in [-0.4, -0.2) is 33.9 Å². The summed E-state index contributed by atoms with van der Waals surface area (Å²) in [5, 5.41) is 1.15. The van der Waals surface area contributed by atoms with Crippen LogP contribution in [0.2, 0.25) is 5.02 Å². The third-order valence-electron chi connectivity index (χ3n) is 4.55. The number of imide groups is 1. The van der Waals surface area contributed by atoms with E-state index < -0.39 is 17.4 Å². The SMILES string of the molecule is O=C1CN(Cc2c(Cl)cnc3ccccc23)C(=O)N1c1ccc(SC(F)(F)F)cc1. The molecule has 1 saturated heterocycles. The summed E-state index contributed by atoms with van der Waals surface area (Å²) in [6.45, 7) is -0.0597. The molecule has 4 rings (SSSR count). The standard InChI is InChI=1S/C20H13ClF3N3O2S/c21-16-9-25-17-4-2-1-3-14(17)15(16)10-26-11-18(28)27(19(26)29)12-5-7-13(8-6-12)30-20(22,23)24/h1-9H,10-11H2. The summed E-state index contributed by atoms with van der Waals surface area (Å²) in [6.07, 6.45) is 1.50. The number of alkyl halides is 3. The van der Waals surface area contributed by atoms with Crippen molar-refractivity contribution >= 4 is 51.9 Å². The van der Waals surface area contributed by atoms with E-state index in [1.165, 1.54) is 35.4 Å². The first-order valence-electron chi connectivity index (χ1n) is 8.73. The minimum Gasteiger partial charge on any atom is -0.310 e. The number of urea groups is 1. The molecule has 0 N–H and O–H groups in total. The van der Waals surface area contributed by atoms with Gasteiger partial charge in [0, 0.05) is 22.0 Å². The number of pyridine rings is 1. The highest BCUT2D eigenvalue weighted by Crippen LogP contribution is 2.37. The average Bonchev–Trinajstić information content (AvgIpc) is 2.97. The molecule has 3 amide bonds. The van der Waals surface area contributed by atoms with E-state index in [9.17, 15) is 22.8 Å². The molecule has 1 aromatic heterocycles. The topological polar surface area (TPSA) is 53.5 Å². The fourth-order valence-electron chi connectivity index (χ4n) is 3.25. The molecule has 0 atom stereocenters. The molecule has 0 saturated carbocycles. The number of nitrogens with zero attached hydrogens (tertiary/aromatic N) is 3. The van der Waals surface area contributed by atoms with Crippen LogP contribution < -0.4 is 4.90 Å². The molecule has 0 aliphatic carbocycles. The van der Waals surface area contributed by atoms with E-state index >= 15 is 0 Å². The zero-order chi connectivity index (χ0) is 21.5. The maximum absolute atomic E-state index is 12.9. The molecule has 2 aromatic carbocycles. The zero-order valence-electron chi connectivity index (χ0n) is 15.2. The molecule has 5 nitrogen and oxygen atoms in total. The van der Waals surface area contributed by atoms with Crippen molar-refractivity contribution in [2.45, 2.75) is 16.9 Å². The van der Waals surface area contributed by atoms with Gasteiger partial charge in [0.25, 0.3) is 5.91 Å². The summed E-state index contributed by atoms with van der Waals surface area (Å²) in [6, 6.07) is 11.8. The molecule has 2 heterocycles. The minimum atomic E-state index is -4.41. The second-order valence-electron chi connectivity index (χ2n) is 6.51. The minimum absolute atomic E-state index is 0.0303. The second kappa shape index (κ2) is 7.81. The van der Waals surface area contributed by atoms with Crippen LogP contribution in [-0.2, 0) is 11.3 Å². The number of amides is 3. The molecule has 0 unspecified atom stereocenters. The Labute approximate surface area is 178 Å². The first-order chi connectivity index (χ1) is 14.2. The lowest BCUT2D eigenvalue weighted by Crippen LogP contribution is -2.32. The summed E-state index contributed by atoms with van der Waals surface area (Å²) < 4.78 is 37.5. The molecule has 1 fully saturated rings. The van der Waals surface area contributed by atoms with Gasteiger partial charge in [0.2, 0.25) is 0 Å². The molecular weight excluding hydrogens is 439 g/mol. The highest BCUT2D eigenvalue weighted by atomic mass is 35.5. The second-order valence-corrected chi connectivity index (χ2v) is 8.06. The lowest BCUT2D eigenvalue weighted by Gasteiger charge is -2.19. The molecule has 1 aliphatic heterocycles. The molecule has 154 valence electrons. The monoisotopic (exact) mass is 451 g/mol. The van der Waals surface area contributed by atoms with Gasteiger partial charge in [0.05, 0.1) is 22.8 Å². The summed E-state index contributed by atoms with van der Waals surface area (Å²) >= 11 is 6.04. The normalized spacial score (nSPS) is 14.8. The van der Waals surface area contributed by atoms with Crippen molar-refractivity contribution in [2.75, 3.05) is 11.4 Å². The van der Waals surface area contributed by atoms with Crippen LogP contribution >= 0.6 is 23.4 Å². The first kappa shape index (κ1) is 20.5. The van der Waals surface area contributed by atoms with Gasteiger partial charge in [-0.3, -0.25) is 9.78 Å². The van der Waals surface area contributed by atoms with Gasteiger partial charge in [0.15, 0.2) is 0 Å². The van der Waals surface area contributed by atoms with Crippen molar-refractivity contribution in [3.8, 4) is 0 Å². The van der Waals surface area contributed by atoms with Crippen LogP contribution in [0.1, 0.15) is 5.56 Å². The number of aromatic nitrogens is 1. The van der Waals surface area contributed by atoms with E-state index in [4.69, 9.17) is 11.6 Å². The Morgan fingerprint density at radius 2 is 1.77 bits per heavy atom. The summed E-state index contributed by atoms with van der Waals surface area (Å²) in [4.78, 5) is 31.9. The summed E-state index contributed by atoms with van der Waals surface area (Å²) in [5.74, 6) is -0.467. The van der Waals surface area contributed by atoms with Gasteiger partial charge in [0.1, 0.15) is 6.54 Å². The van der Waals surface area contributed by atoms with Crippen molar-refractivity contribution < 1.29 is 22.8 Å². The number of carbonyl (C=O) groups is 2.